The van der Waals surface area contributed by atoms with Crippen molar-refractivity contribution in [3.05, 3.63) is 34.9 Å². The number of hydrogen-bond acceptors (Lipinski definition) is 3. The maximum absolute atomic E-state index is 6.49. The van der Waals surface area contributed by atoms with Gasteiger partial charge in [-0.25, -0.2) is 0 Å². The summed E-state index contributed by atoms with van der Waals surface area (Å²) in [6.45, 7) is 11.3. The third-order valence-electron chi connectivity index (χ3n) is 7.36. The lowest BCUT2D eigenvalue weighted by atomic mass is 9.43. The summed E-state index contributed by atoms with van der Waals surface area (Å²) >= 11 is 0. The van der Waals surface area contributed by atoms with E-state index < -0.39 is 0 Å². The van der Waals surface area contributed by atoms with Gasteiger partial charge in [-0.2, -0.15) is 0 Å². The summed E-state index contributed by atoms with van der Waals surface area (Å²) in [5.74, 6) is 1.25. The number of rotatable bonds is 3. The molecule has 0 amide bonds. The van der Waals surface area contributed by atoms with Crippen LogP contribution >= 0.6 is 0 Å². The average molecular weight is 327 g/mol. The quantitative estimate of drug-likeness (QED) is 0.865. The zero-order chi connectivity index (χ0) is 17.3. The van der Waals surface area contributed by atoms with Crippen LogP contribution in [0.3, 0.4) is 0 Å². The van der Waals surface area contributed by atoms with Gasteiger partial charge in [0.25, 0.3) is 0 Å². The Balaban J connectivity index is 1.47. The predicted octanol–water partition coefficient (Wildman–Crippen LogP) is 3.44. The van der Waals surface area contributed by atoms with E-state index in [1.165, 1.54) is 23.1 Å². The second-order valence-corrected chi connectivity index (χ2v) is 9.12. The number of hydrogen-bond donors (Lipinski definition) is 1. The molecule has 4 heteroatoms. The van der Waals surface area contributed by atoms with Crippen LogP contribution in [-0.2, 0) is 15.7 Å². The van der Waals surface area contributed by atoms with E-state index in [4.69, 9.17) is 15.0 Å². The lowest BCUT2D eigenvalue weighted by Crippen LogP contribution is -2.65. The second kappa shape index (κ2) is 5.33. The van der Waals surface area contributed by atoms with Gasteiger partial charge in [-0.15, -0.1) is 0 Å². The molecule has 4 fully saturated rings. The van der Waals surface area contributed by atoms with E-state index in [9.17, 15) is 0 Å². The van der Waals surface area contributed by atoms with E-state index >= 15 is 0 Å². The number of nitrogens with two attached hydrogens (primary N) is 1. The summed E-state index contributed by atoms with van der Waals surface area (Å²) in [6.07, 6.45) is 3.41. The molecule has 1 aromatic rings. The standard InChI is InChI=1S/C20H30BNO2/c1-12-6-7-14(8-13(12)2)9-18(22)21-23-17-11-15-10-16(19(15,3)4)20(17,5)24-21/h6-8,15-18H,9-11,22H2,1-5H3/t15-,16-,17+,18-,20-/m0/s1. The highest BCUT2D eigenvalue weighted by Crippen LogP contribution is 2.65. The zero-order valence-corrected chi connectivity index (χ0v) is 15.6. The molecule has 130 valence electrons. The lowest BCUT2D eigenvalue weighted by molar-refractivity contribution is -0.199. The Morgan fingerprint density at radius 1 is 1.21 bits per heavy atom. The molecule has 3 saturated carbocycles. The minimum atomic E-state index is -0.281. The second-order valence-electron chi connectivity index (χ2n) is 9.12. The molecule has 24 heavy (non-hydrogen) atoms. The molecule has 1 aromatic carbocycles. The van der Waals surface area contributed by atoms with Crippen molar-refractivity contribution < 1.29 is 9.31 Å². The van der Waals surface area contributed by atoms with Crippen molar-refractivity contribution >= 4 is 7.12 Å². The van der Waals surface area contributed by atoms with Gasteiger partial charge in [-0.3, -0.25) is 0 Å². The monoisotopic (exact) mass is 327 g/mol. The smallest absolute Gasteiger partial charge is 0.404 e. The zero-order valence-electron chi connectivity index (χ0n) is 15.6. The third-order valence-corrected chi connectivity index (χ3v) is 7.36. The predicted molar refractivity (Wildman–Crippen MR) is 97.7 cm³/mol. The molecule has 2 bridgehead atoms. The molecule has 3 aliphatic carbocycles. The van der Waals surface area contributed by atoms with E-state index in [1.807, 2.05) is 0 Å². The van der Waals surface area contributed by atoms with Crippen molar-refractivity contribution in [3.8, 4) is 0 Å². The summed E-state index contributed by atoms with van der Waals surface area (Å²) in [5.41, 5.74) is 10.6. The molecule has 0 unspecified atom stereocenters. The highest BCUT2D eigenvalue weighted by Gasteiger charge is 2.68. The first-order valence-electron chi connectivity index (χ1n) is 9.37. The normalized spacial score (nSPS) is 37.8. The molecular weight excluding hydrogens is 297 g/mol. The average Bonchev–Trinajstić information content (AvgIpc) is 2.87. The molecule has 0 spiro atoms. The van der Waals surface area contributed by atoms with Crippen LogP contribution in [0.1, 0.15) is 50.3 Å². The molecule has 5 rings (SSSR count). The highest BCUT2D eigenvalue weighted by molar-refractivity contribution is 6.47. The van der Waals surface area contributed by atoms with E-state index in [-0.39, 0.29) is 24.8 Å². The number of benzene rings is 1. The largest absolute Gasteiger partial charge is 0.475 e. The Hall–Kier alpha value is -0.835. The van der Waals surface area contributed by atoms with Gasteiger partial charge in [0.15, 0.2) is 0 Å². The molecule has 5 atom stereocenters. The minimum absolute atomic E-state index is 0.116. The van der Waals surface area contributed by atoms with Crippen LogP contribution in [0, 0.1) is 31.1 Å². The van der Waals surface area contributed by atoms with E-state index in [1.54, 1.807) is 0 Å². The fourth-order valence-electron chi connectivity index (χ4n) is 5.38. The SMILES string of the molecule is Cc1ccc(C[C@H](N)B2O[C@@H]3C[C@@H]4C[C@@H](C4(C)C)[C@]3(C)O2)cc1C. The van der Waals surface area contributed by atoms with Gasteiger partial charge in [0.05, 0.1) is 11.7 Å². The maximum Gasteiger partial charge on any atom is 0.475 e. The van der Waals surface area contributed by atoms with Crippen LogP contribution in [-0.4, -0.2) is 24.8 Å². The molecular formula is C20H30BNO2. The van der Waals surface area contributed by atoms with Gasteiger partial charge >= 0.3 is 7.12 Å². The maximum atomic E-state index is 6.49. The fourth-order valence-corrected chi connectivity index (χ4v) is 5.38. The van der Waals surface area contributed by atoms with Crippen molar-refractivity contribution in [2.45, 2.75) is 71.5 Å². The van der Waals surface area contributed by atoms with Gasteiger partial charge in [0.1, 0.15) is 0 Å². The fraction of sp³-hybridized carbons (Fsp3) is 0.700. The van der Waals surface area contributed by atoms with E-state index in [0.29, 0.717) is 11.3 Å². The van der Waals surface area contributed by atoms with Crippen LogP contribution in [0.25, 0.3) is 0 Å². The molecule has 0 radical (unpaired) electrons. The molecule has 3 nitrogen and oxygen atoms in total. The van der Waals surface area contributed by atoms with Crippen molar-refractivity contribution in [2.75, 3.05) is 0 Å². The van der Waals surface area contributed by atoms with Gasteiger partial charge in [-0.05, 0) is 74.0 Å². The van der Waals surface area contributed by atoms with Crippen molar-refractivity contribution in [1.82, 2.24) is 0 Å². The van der Waals surface area contributed by atoms with Gasteiger partial charge < -0.3 is 15.0 Å². The Bertz CT molecular complexity index is 661. The first-order chi connectivity index (χ1) is 11.2. The Morgan fingerprint density at radius 2 is 1.96 bits per heavy atom. The van der Waals surface area contributed by atoms with E-state index in [0.717, 1.165) is 18.8 Å². The molecule has 1 heterocycles. The Labute approximate surface area is 146 Å². The molecule has 1 saturated heterocycles. The lowest BCUT2D eigenvalue weighted by Gasteiger charge is -2.64. The van der Waals surface area contributed by atoms with Gasteiger partial charge in [0.2, 0.25) is 0 Å². The molecule has 2 N–H and O–H groups in total. The van der Waals surface area contributed by atoms with E-state index in [2.05, 4.69) is 52.8 Å². The summed E-state index contributed by atoms with van der Waals surface area (Å²) in [7, 11) is -0.281. The topological polar surface area (TPSA) is 44.5 Å². The third kappa shape index (κ3) is 2.30. The summed E-state index contributed by atoms with van der Waals surface area (Å²) in [4.78, 5) is 0. The van der Waals surface area contributed by atoms with Crippen LogP contribution in [0.4, 0.5) is 0 Å². The molecule has 1 aliphatic heterocycles. The summed E-state index contributed by atoms with van der Waals surface area (Å²) in [5, 5.41) is 0. The molecule has 0 aromatic heterocycles. The van der Waals surface area contributed by atoms with Gasteiger partial charge in [-0.1, -0.05) is 32.0 Å². The summed E-state index contributed by atoms with van der Waals surface area (Å²) < 4.78 is 12.8. The van der Waals surface area contributed by atoms with Crippen LogP contribution in [0.15, 0.2) is 18.2 Å². The first kappa shape index (κ1) is 16.6. The van der Waals surface area contributed by atoms with Gasteiger partial charge in [0, 0.05) is 5.94 Å². The highest BCUT2D eigenvalue weighted by atomic mass is 16.7. The summed E-state index contributed by atoms with van der Waals surface area (Å²) in [6, 6.07) is 6.58. The Kier molecular flexibility index (Phi) is 3.69. The van der Waals surface area contributed by atoms with Crippen LogP contribution in [0.2, 0.25) is 0 Å². The number of aryl methyl sites for hydroxylation is 2. The first-order valence-corrected chi connectivity index (χ1v) is 9.37. The minimum Gasteiger partial charge on any atom is -0.404 e. The van der Waals surface area contributed by atoms with Crippen LogP contribution in [0.5, 0.6) is 0 Å². The van der Waals surface area contributed by atoms with Crippen LogP contribution < -0.4 is 5.73 Å². The van der Waals surface area contributed by atoms with Crippen molar-refractivity contribution in [2.24, 2.45) is 23.0 Å². The van der Waals surface area contributed by atoms with Crippen molar-refractivity contribution in [1.29, 1.82) is 0 Å². The Morgan fingerprint density at radius 3 is 2.62 bits per heavy atom. The van der Waals surface area contributed by atoms with Crippen molar-refractivity contribution in [3.63, 3.8) is 0 Å². The molecule has 4 aliphatic rings.